The number of carbonyl (C=O) groups excluding carboxylic acids is 2. The first-order valence-corrected chi connectivity index (χ1v) is 6.87. The quantitative estimate of drug-likeness (QED) is 0.801. The van der Waals surface area contributed by atoms with Crippen LogP contribution in [-0.2, 0) is 12.7 Å². The highest BCUT2D eigenvalue weighted by Crippen LogP contribution is 2.31. The SMILES string of the molecule is NC(=O)Nc1ccc(CNC(=O)c2ccccc2C(F)(F)F)cc1. The smallest absolute Gasteiger partial charge is 0.351 e. The number of rotatable bonds is 4. The first kappa shape index (κ1) is 17.3. The number of alkyl halides is 3. The van der Waals surface area contributed by atoms with E-state index in [0.29, 0.717) is 11.3 Å². The summed E-state index contributed by atoms with van der Waals surface area (Å²) in [6.07, 6.45) is -4.60. The number of urea groups is 1. The topological polar surface area (TPSA) is 84.2 Å². The van der Waals surface area contributed by atoms with Gasteiger partial charge >= 0.3 is 12.2 Å². The number of anilines is 1. The van der Waals surface area contributed by atoms with Crippen LogP contribution < -0.4 is 16.4 Å². The summed E-state index contributed by atoms with van der Waals surface area (Å²) >= 11 is 0. The van der Waals surface area contributed by atoms with Crippen molar-refractivity contribution in [2.45, 2.75) is 12.7 Å². The van der Waals surface area contributed by atoms with E-state index in [1.54, 1.807) is 24.3 Å². The van der Waals surface area contributed by atoms with E-state index >= 15 is 0 Å². The van der Waals surface area contributed by atoms with Gasteiger partial charge in [-0.2, -0.15) is 13.2 Å². The van der Waals surface area contributed by atoms with E-state index in [1.165, 1.54) is 12.1 Å². The predicted octanol–water partition coefficient (Wildman–Crippen LogP) is 3.13. The lowest BCUT2D eigenvalue weighted by Gasteiger charge is -2.12. The molecular weight excluding hydrogens is 323 g/mol. The van der Waals surface area contributed by atoms with E-state index in [1.807, 2.05) is 0 Å². The molecular formula is C16H14F3N3O2. The zero-order valence-corrected chi connectivity index (χ0v) is 12.4. The number of hydrogen-bond acceptors (Lipinski definition) is 2. The Kier molecular flexibility index (Phi) is 5.08. The van der Waals surface area contributed by atoms with Crippen LogP contribution in [0.3, 0.4) is 0 Å². The maximum Gasteiger partial charge on any atom is 0.417 e. The molecule has 2 rings (SSSR count). The molecule has 0 unspecified atom stereocenters. The average Bonchev–Trinajstić information content (AvgIpc) is 2.52. The monoisotopic (exact) mass is 337 g/mol. The summed E-state index contributed by atoms with van der Waals surface area (Å²) in [5.41, 5.74) is 4.69. The van der Waals surface area contributed by atoms with Crippen molar-refractivity contribution >= 4 is 17.6 Å². The summed E-state index contributed by atoms with van der Waals surface area (Å²) in [6, 6.07) is 10.2. The molecule has 4 N–H and O–H groups in total. The molecule has 0 aliphatic rings. The van der Waals surface area contributed by atoms with E-state index in [4.69, 9.17) is 5.73 Å². The third-order valence-corrected chi connectivity index (χ3v) is 3.15. The summed E-state index contributed by atoms with van der Waals surface area (Å²) in [7, 11) is 0. The molecule has 0 atom stereocenters. The van der Waals surface area contributed by atoms with Gasteiger partial charge in [-0.25, -0.2) is 4.79 Å². The first-order chi connectivity index (χ1) is 11.3. The van der Waals surface area contributed by atoms with Crippen LogP contribution in [0.25, 0.3) is 0 Å². The van der Waals surface area contributed by atoms with Gasteiger partial charge < -0.3 is 16.4 Å². The summed E-state index contributed by atoms with van der Waals surface area (Å²) in [5.74, 6) is -0.817. The van der Waals surface area contributed by atoms with Gasteiger partial charge in [0.25, 0.3) is 5.91 Å². The Balaban J connectivity index is 2.05. The van der Waals surface area contributed by atoms with E-state index in [9.17, 15) is 22.8 Å². The van der Waals surface area contributed by atoms with Crippen molar-refractivity contribution in [3.63, 3.8) is 0 Å². The molecule has 0 aromatic heterocycles. The third-order valence-electron chi connectivity index (χ3n) is 3.15. The lowest BCUT2D eigenvalue weighted by Crippen LogP contribution is -2.25. The minimum atomic E-state index is -4.60. The van der Waals surface area contributed by atoms with Crippen LogP contribution in [0.5, 0.6) is 0 Å². The summed E-state index contributed by atoms with van der Waals surface area (Å²) in [6.45, 7) is 0.0435. The van der Waals surface area contributed by atoms with Crippen LogP contribution in [0.4, 0.5) is 23.7 Å². The number of hydrogen-bond donors (Lipinski definition) is 3. The molecule has 5 nitrogen and oxygen atoms in total. The molecule has 0 aliphatic carbocycles. The van der Waals surface area contributed by atoms with E-state index in [0.717, 1.165) is 12.1 Å². The molecule has 3 amide bonds. The Morgan fingerprint density at radius 2 is 1.62 bits per heavy atom. The van der Waals surface area contributed by atoms with E-state index in [2.05, 4.69) is 10.6 Å². The molecule has 2 aromatic carbocycles. The maximum absolute atomic E-state index is 12.9. The van der Waals surface area contributed by atoms with Gasteiger partial charge in [-0.05, 0) is 29.8 Å². The molecule has 0 spiro atoms. The van der Waals surface area contributed by atoms with E-state index < -0.39 is 29.2 Å². The number of carbonyl (C=O) groups is 2. The third kappa shape index (κ3) is 4.48. The molecule has 0 bridgehead atoms. The van der Waals surface area contributed by atoms with Crippen LogP contribution in [0.2, 0.25) is 0 Å². The minimum Gasteiger partial charge on any atom is -0.351 e. The molecule has 0 radical (unpaired) electrons. The predicted molar refractivity (Wildman–Crippen MR) is 82.3 cm³/mol. The van der Waals surface area contributed by atoms with Crippen molar-refractivity contribution in [3.05, 3.63) is 65.2 Å². The van der Waals surface area contributed by atoms with Crippen LogP contribution in [0, 0.1) is 0 Å². The van der Waals surface area contributed by atoms with Gasteiger partial charge in [0.2, 0.25) is 0 Å². The average molecular weight is 337 g/mol. The van der Waals surface area contributed by atoms with Crippen molar-refractivity contribution in [1.82, 2.24) is 5.32 Å². The minimum absolute atomic E-state index is 0.0435. The normalized spacial score (nSPS) is 11.0. The molecule has 0 saturated carbocycles. The fourth-order valence-corrected chi connectivity index (χ4v) is 2.05. The molecule has 2 aromatic rings. The zero-order chi connectivity index (χ0) is 17.7. The highest BCUT2D eigenvalue weighted by molar-refractivity contribution is 5.95. The maximum atomic E-state index is 12.9. The van der Waals surface area contributed by atoms with Gasteiger partial charge in [-0.15, -0.1) is 0 Å². The Morgan fingerprint density at radius 1 is 1.00 bits per heavy atom. The van der Waals surface area contributed by atoms with Crippen molar-refractivity contribution < 1.29 is 22.8 Å². The van der Waals surface area contributed by atoms with Gasteiger partial charge in [-0.3, -0.25) is 4.79 Å². The standard InChI is InChI=1S/C16H14F3N3O2/c17-16(18,19)13-4-2-1-3-12(13)14(23)21-9-10-5-7-11(8-6-10)22-15(20)24/h1-8H,9H2,(H,21,23)(H3,20,22,24). The van der Waals surface area contributed by atoms with Gasteiger partial charge in [0.15, 0.2) is 0 Å². The molecule has 8 heteroatoms. The molecule has 0 saturated heterocycles. The summed E-state index contributed by atoms with van der Waals surface area (Å²) in [5, 5.41) is 4.81. The second-order valence-electron chi connectivity index (χ2n) is 4.91. The zero-order valence-electron chi connectivity index (χ0n) is 12.4. The van der Waals surface area contributed by atoms with Crippen LogP contribution >= 0.6 is 0 Å². The second-order valence-corrected chi connectivity index (χ2v) is 4.91. The van der Waals surface area contributed by atoms with Crippen molar-refractivity contribution in [1.29, 1.82) is 0 Å². The Bertz CT molecular complexity index is 743. The van der Waals surface area contributed by atoms with Crippen LogP contribution in [0.1, 0.15) is 21.5 Å². The van der Waals surface area contributed by atoms with Crippen molar-refractivity contribution in [2.75, 3.05) is 5.32 Å². The fraction of sp³-hybridized carbons (Fsp3) is 0.125. The van der Waals surface area contributed by atoms with Crippen molar-refractivity contribution in [3.8, 4) is 0 Å². The Labute approximate surface area is 135 Å². The van der Waals surface area contributed by atoms with Gasteiger partial charge in [0.05, 0.1) is 11.1 Å². The molecule has 126 valence electrons. The Hall–Kier alpha value is -3.03. The lowest BCUT2D eigenvalue weighted by molar-refractivity contribution is -0.137. The van der Waals surface area contributed by atoms with Crippen LogP contribution in [0.15, 0.2) is 48.5 Å². The number of nitrogens with two attached hydrogens (primary N) is 1. The molecule has 24 heavy (non-hydrogen) atoms. The van der Waals surface area contributed by atoms with Crippen LogP contribution in [-0.4, -0.2) is 11.9 Å². The van der Waals surface area contributed by atoms with Gasteiger partial charge in [0.1, 0.15) is 0 Å². The lowest BCUT2D eigenvalue weighted by atomic mass is 10.1. The number of amides is 3. The van der Waals surface area contributed by atoms with Gasteiger partial charge in [-0.1, -0.05) is 24.3 Å². The van der Waals surface area contributed by atoms with Gasteiger partial charge in [0, 0.05) is 12.2 Å². The van der Waals surface area contributed by atoms with Crippen molar-refractivity contribution in [2.24, 2.45) is 5.73 Å². The number of nitrogens with one attached hydrogen (secondary N) is 2. The highest BCUT2D eigenvalue weighted by Gasteiger charge is 2.34. The summed E-state index contributed by atoms with van der Waals surface area (Å²) in [4.78, 5) is 22.7. The van der Waals surface area contributed by atoms with E-state index in [-0.39, 0.29) is 6.54 Å². The first-order valence-electron chi connectivity index (χ1n) is 6.87. The number of primary amides is 1. The second kappa shape index (κ2) is 7.03. The molecule has 0 aliphatic heterocycles. The number of halogens is 3. The summed E-state index contributed by atoms with van der Waals surface area (Å²) < 4.78 is 38.7. The highest BCUT2D eigenvalue weighted by atomic mass is 19.4. The molecule has 0 heterocycles. The Morgan fingerprint density at radius 3 is 2.21 bits per heavy atom. The number of benzene rings is 2. The fourth-order valence-electron chi connectivity index (χ4n) is 2.05. The molecule has 0 fully saturated rings. The largest absolute Gasteiger partial charge is 0.417 e.